The zero-order chi connectivity index (χ0) is 38.1. The van der Waals surface area contributed by atoms with Crippen molar-refractivity contribution in [1.82, 2.24) is 20.5 Å². The summed E-state index contributed by atoms with van der Waals surface area (Å²) in [5, 5.41) is 17.2. The SMILES string of the molecule is C=C[C@@H]1C[C@@H]1C(O)(CNC(=O)[C@@H]1C[C@@H](Oc2cc(C(=O)ON)nc3c(Br)c(OC)ccc23)CN1C(=O)[C@@H](NC(=O)OC(C)(C)C)C(C)(C)C)OC. The molecule has 6 atom stereocenters. The Morgan fingerprint density at radius 2 is 1.82 bits per heavy atom. The first-order valence-electron chi connectivity index (χ1n) is 16.5. The van der Waals surface area contributed by atoms with E-state index in [2.05, 4.69) is 43.0 Å². The number of rotatable bonds is 12. The van der Waals surface area contributed by atoms with Crippen LogP contribution in [0.5, 0.6) is 11.5 Å². The Morgan fingerprint density at radius 3 is 2.37 bits per heavy atom. The zero-order valence-corrected chi connectivity index (χ0v) is 31.8. The number of hydrogen-bond donors (Lipinski definition) is 4. The lowest BCUT2D eigenvalue weighted by molar-refractivity contribution is -0.199. The van der Waals surface area contributed by atoms with E-state index in [0.717, 1.165) is 0 Å². The number of fused-ring (bicyclic) bond motifs is 1. The van der Waals surface area contributed by atoms with Gasteiger partial charge < -0.3 is 44.4 Å². The lowest BCUT2D eigenvalue weighted by Crippen LogP contribution is -2.59. The van der Waals surface area contributed by atoms with Crippen molar-refractivity contribution in [2.75, 3.05) is 27.3 Å². The normalized spacial score (nSPS) is 22.0. The van der Waals surface area contributed by atoms with Crippen LogP contribution < -0.4 is 26.0 Å². The molecule has 4 rings (SSSR count). The molecule has 0 radical (unpaired) electrons. The second-order valence-electron chi connectivity index (χ2n) is 14.8. The van der Waals surface area contributed by atoms with Crippen molar-refractivity contribution in [2.24, 2.45) is 23.1 Å². The summed E-state index contributed by atoms with van der Waals surface area (Å²) in [4.78, 5) is 63.9. The number of allylic oxidation sites excluding steroid dienone is 1. The van der Waals surface area contributed by atoms with Gasteiger partial charge in [-0.05, 0) is 66.6 Å². The van der Waals surface area contributed by atoms with Gasteiger partial charge in [0, 0.05) is 30.9 Å². The Hall–Kier alpha value is -3.99. The van der Waals surface area contributed by atoms with Crippen LogP contribution >= 0.6 is 15.9 Å². The van der Waals surface area contributed by atoms with E-state index in [0.29, 0.717) is 27.5 Å². The zero-order valence-electron chi connectivity index (χ0n) is 30.2. The van der Waals surface area contributed by atoms with E-state index < -0.39 is 58.9 Å². The Morgan fingerprint density at radius 1 is 1.14 bits per heavy atom. The molecule has 2 fully saturated rings. The van der Waals surface area contributed by atoms with Crippen molar-refractivity contribution in [2.45, 2.75) is 84.0 Å². The van der Waals surface area contributed by atoms with Crippen molar-refractivity contribution in [3.05, 3.63) is 41.0 Å². The molecular weight excluding hydrogens is 730 g/mol. The fourth-order valence-electron chi connectivity index (χ4n) is 6.10. The molecule has 0 bridgehead atoms. The summed E-state index contributed by atoms with van der Waals surface area (Å²) in [6, 6.07) is 2.56. The average molecular weight is 779 g/mol. The third-order valence-corrected chi connectivity index (χ3v) is 9.66. The van der Waals surface area contributed by atoms with Crippen LogP contribution in [0.25, 0.3) is 10.9 Å². The molecule has 1 aliphatic carbocycles. The number of ether oxygens (including phenoxy) is 4. The summed E-state index contributed by atoms with van der Waals surface area (Å²) in [6.07, 6.45) is 0.825. The first-order chi connectivity index (χ1) is 23.8. The number of alkyl carbamates (subject to hydrolysis) is 1. The number of benzene rings is 1. The number of likely N-dealkylation sites (tertiary alicyclic amines) is 1. The molecule has 5 N–H and O–H groups in total. The number of nitrogens with zero attached hydrogens (tertiary/aromatic N) is 2. The molecule has 16 heteroatoms. The third-order valence-electron chi connectivity index (χ3n) is 8.89. The van der Waals surface area contributed by atoms with Gasteiger partial charge in [0.1, 0.15) is 35.3 Å². The topological polar surface area (TPSA) is 201 Å². The van der Waals surface area contributed by atoms with Gasteiger partial charge >= 0.3 is 12.1 Å². The van der Waals surface area contributed by atoms with Gasteiger partial charge in [0.05, 0.1) is 30.2 Å². The van der Waals surface area contributed by atoms with Gasteiger partial charge in [-0.1, -0.05) is 26.8 Å². The van der Waals surface area contributed by atoms with Gasteiger partial charge in [-0.2, -0.15) is 5.90 Å². The summed E-state index contributed by atoms with van der Waals surface area (Å²) in [5.74, 6) is 1.93. The highest BCUT2D eigenvalue weighted by Gasteiger charge is 2.52. The highest BCUT2D eigenvalue weighted by molar-refractivity contribution is 9.10. The number of carbonyl (C=O) groups is 4. The van der Waals surface area contributed by atoms with Crippen molar-refractivity contribution >= 4 is 50.7 Å². The van der Waals surface area contributed by atoms with Crippen LogP contribution in [-0.2, 0) is 23.9 Å². The van der Waals surface area contributed by atoms with E-state index in [1.54, 1.807) is 59.8 Å². The first-order valence-corrected chi connectivity index (χ1v) is 17.3. The Kier molecular flexibility index (Phi) is 12.0. The minimum absolute atomic E-state index is 0.0167. The van der Waals surface area contributed by atoms with E-state index in [1.807, 2.05) is 0 Å². The second-order valence-corrected chi connectivity index (χ2v) is 15.6. The maximum absolute atomic E-state index is 14.4. The minimum Gasteiger partial charge on any atom is -0.495 e. The maximum Gasteiger partial charge on any atom is 0.408 e. The van der Waals surface area contributed by atoms with Gasteiger partial charge in [-0.15, -0.1) is 6.58 Å². The standard InChI is InChI=1S/C35H48BrN5O10/c1-10-18-13-21(18)35(46,48-9)17-38-29(42)23-14-19(16-41(23)30(43)28(33(2,3)4)40-32(45)50-34(5,6)7)49-25-15-22(31(44)51-37)39-27-20(25)11-12-24(47-8)26(27)36/h10-12,15,18-19,21,23,28,46H,1,13-14,16-17,37H2,2-9H3,(H,38,42)(H,40,45)/t18-,19-,21+,23+,28-,35?/m1/s1. The summed E-state index contributed by atoms with van der Waals surface area (Å²) in [5.41, 5.74) is -1.46. The van der Waals surface area contributed by atoms with Crippen molar-refractivity contribution in [3.8, 4) is 11.5 Å². The molecule has 1 unspecified atom stereocenters. The van der Waals surface area contributed by atoms with Crippen LogP contribution in [0.1, 0.15) is 64.9 Å². The lowest BCUT2D eigenvalue weighted by Gasteiger charge is -2.36. The molecule has 2 aromatic rings. The van der Waals surface area contributed by atoms with E-state index in [4.69, 9.17) is 24.8 Å². The Balaban J connectivity index is 1.70. The average Bonchev–Trinajstić information content (AvgIpc) is 3.76. The molecule has 51 heavy (non-hydrogen) atoms. The fraction of sp³-hybridized carbons (Fsp3) is 0.571. The number of aliphatic hydroxyl groups is 1. The molecule has 3 amide bonds. The van der Waals surface area contributed by atoms with Crippen LogP contribution in [0, 0.1) is 17.3 Å². The highest BCUT2D eigenvalue weighted by atomic mass is 79.9. The third kappa shape index (κ3) is 9.09. The van der Waals surface area contributed by atoms with Gasteiger partial charge in [0.2, 0.25) is 11.8 Å². The van der Waals surface area contributed by atoms with Gasteiger partial charge in [0.25, 0.3) is 0 Å². The number of halogens is 1. The van der Waals surface area contributed by atoms with E-state index in [1.165, 1.54) is 25.2 Å². The molecule has 1 saturated carbocycles. The molecule has 280 valence electrons. The molecular formula is C35H48BrN5O10. The molecule has 1 saturated heterocycles. The van der Waals surface area contributed by atoms with E-state index in [-0.39, 0.29) is 42.8 Å². The summed E-state index contributed by atoms with van der Waals surface area (Å²) in [7, 11) is 2.84. The molecule has 0 spiro atoms. The molecule has 2 heterocycles. The number of hydrogen-bond acceptors (Lipinski definition) is 12. The number of amides is 3. The quantitative estimate of drug-likeness (QED) is 0.139. The molecule has 2 aliphatic rings. The van der Waals surface area contributed by atoms with Gasteiger partial charge in [0.15, 0.2) is 11.5 Å². The summed E-state index contributed by atoms with van der Waals surface area (Å²) >= 11 is 3.47. The largest absolute Gasteiger partial charge is 0.495 e. The van der Waals surface area contributed by atoms with E-state index >= 15 is 0 Å². The van der Waals surface area contributed by atoms with Crippen LogP contribution in [0.3, 0.4) is 0 Å². The van der Waals surface area contributed by atoms with Crippen molar-refractivity contribution in [3.63, 3.8) is 0 Å². The van der Waals surface area contributed by atoms with Crippen molar-refractivity contribution in [1.29, 1.82) is 0 Å². The molecule has 1 aliphatic heterocycles. The van der Waals surface area contributed by atoms with E-state index in [9.17, 15) is 24.3 Å². The minimum atomic E-state index is -1.65. The number of nitrogens with two attached hydrogens (primary N) is 1. The lowest BCUT2D eigenvalue weighted by atomic mass is 9.85. The smallest absolute Gasteiger partial charge is 0.408 e. The molecule has 1 aromatic carbocycles. The maximum atomic E-state index is 14.4. The number of nitrogens with one attached hydrogen (secondary N) is 2. The Bertz CT molecular complexity index is 1670. The number of carbonyl (C=O) groups excluding carboxylic acids is 4. The highest BCUT2D eigenvalue weighted by Crippen LogP contribution is 2.47. The van der Waals surface area contributed by atoms with Crippen LogP contribution in [0.15, 0.2) is 35.3 Å². The first kappa shape index (κ1) is 39.8. The molecule has 1 aromatic heterocycles. The Labute approximate surface area is 305 Å². The van der Waals surface area contributed by atoms with Crippen LogP contribution in [0.2, 0.25) is 0 Å². The predicted molar refractivity (Wildman–Crippen MR) is 190 cm³/mol. The number of pyridine rings is 1. The number of aromatic nitrogens is 1. The second kappa shape index (κ2) is 15.3. The summed E-state index contributed by atoms with van der Waals surface area (Å²) in [6.45, 7) is 13.9. The van der Waals surface area contributed by atoms with Crippen molar-refractivity contribution < 1.29 is 48.1 Å². The van der Waals surface area contributed by atoms with Crippen LogP contribution in [-0.4, -0.2) is 95.8 Å². The van der Waals surface area contributed by atoms with Gasteiger partial charge in [-0.3, -0.25) is 9.59 Å². The fourth-order valence-corrected chi connectivity index (χ4v) is 6.70. The number of methoxy groups -OCH3 is 2. The predicted octanol–water partition coefficient (Wildman–Crippen LogP) is 3.60. The van der Waals surface area contributed by atoms with Gasteiger partial charge in [-0.25, -0.2) is 14.6 Å². The molecule has 15 nitrogen and oxygen atoms in total. The summed E-state index contributed by atoms with van der Waals surface area (Å²) < 4.78 is 23.2. The van der Waals surface area contributed by atoms with Crippen LogP contribution in [0.4, 0.5) is 4.79 Å². The monoisotopic (exact) mass is 777 g/mol.